The van der Waals surface area contributed by atoms with E-state index in [1.807, 2.05) is 18.5 Å². The van der Waals surface area contributed by atoms with E-state index in [1.54, 1.807) is 0 Å². The third kappa shape index (κ3) is 6.42. The molecule has 0 unspecified atom stereocenters. The first kappa shape index (κ1) is 41.5. The monoisotopic (exact) mass is 926 g/mol. The molecule has 0 spiro atoms. The quantitative estimate of drug-likeness (QED) is 0.107. The van der Waals surface area contributed by atoms with Gasteiger partial charge in [-0.1, -0.05) is 200 Å². The molecule has 0 atom stereocenters. The van der Waals surface area contributed by atoms with Crippen LogP contribution in [0.2, 0.25) is 0 Å². The van der Waals surface area contributed by atoms with Crippen molar-refractivity contribution in [3.05, 3.63) is 279 Å². The zero-order valence-corrected chi connectivity index (χ0v) is 40.3. The average molecular weight is 927 g/mol. The summed E-state index contributed by atoms with van der Waals surface area (Å²) in [6, 6.07) is 99.0. The smallest absolute Gasteiger partial charge is 0.184 e. The zero-order valence-electron chi connectivity index (χ0n) is 38.3. The molecule has 12 aromatic rings. The molecule has 70 heavy (non-hydrogen) atoms. The first-order chi connectivity index (χ1) is 34.7. The van der Waals surface area contributed by atoms with Crippen LogP contribution in [0, 0.1) is 0 Å². The molecule has 9 aromatic carbocycles. The van der Waals surface area contributed by atoms with Crippen molar-refractivity contribution in [3.63, 3.8) is 0 Å². The summed E-state index contributed by atoms with van der Waals surface area (Å²) in [6.45, 7) is 0. The highest BCUT2D eigenvalue weighted by Crippen LogP contribution is 2.42. The number of nitrogens with zero attached hydrogens (tertiary/aromatic N) is 4. The minimum Gasteiger partial charge on any atom is -0.311 e. The molecule has 13 rings (SSSR count). The number of hydrogen-bond donors (Lipinski definition) is 0. The maximum absolute atomic E-state index is 5.27. The Morgan fingerprint density at radius 3 is 1.59 bits per heavy atom. The molecular formula is C64H46N4Si2. The van der Waals surface area contributed by atoms with Crippen molar-refractivity contribution in [1.29, 1.82) is 0 Å². The van der Waals surface area contributed by atoms with Crippen molar-refractivity contribution in [1.82, 2.24) is 14.5 Å². The largest absolute Gasteiger partial charge is 0.311 e. The molecule has 6 heteroatoms. The summed E-state index contributed by atoms with van der Waals surface area (Å²) < 4.78 is 2.44. The minimum atomic E-state index is -3.03. The molecule has 0 aliphatic carbocycles. The number of pyridine rings is 2. The first-order valence-corrected chi connectivity index (χ1v) is 28.0. The van der Waals surface area contributed by atoms with Crippen LogP contribution in [0.3, 0.4) is 0 Å². The molecule has 0 saturated carbocycles. The second kappa shape index (κ2) is 17.1. The van der Waals surface area contributed by atoms with Crippen LogP contribution in [0.1, 0.15) is 0 Å². The lowest BCUT2D eigenvalue weighted by Gasteiger charge is -2.45. The van der Waals surface area contributed by atoms with Crippen molar-refractivity contribution in [3.8, 4) is 16.9 Å². The molecule has 0 radical (unpaired) electrons. The van der Waals surface area contributed by atoms with Gasteiger partial charge >= 0.3 is 0 Å². The fourth-order valence-corrected chi connectivity index (χ4v) is 21.5. The maximum Gasteiger partial charge on any atom is 0.184 e. The number of anilines is 3. The van der Waals surface area contributed by atoms with Gasteiger partial charge in [0, 0.05) is 51.5 Å². The number of benzene rings is 9. The van der Waals surface area contributed by atoms with Crippen molar-refractivity contribution >= 4 is 96.6 Å². The van der Waals surface area contributed by atoms with Gasteiger partial charge in [-0.3, -0.25) is 9.55 Å². The van der Waals surface area contributed by atoms with Gasteiger partial charge in [-0.25, -0.2) is 4.98 Å². The van der Waals surface area contributed by atoms with E-state index in [9.17, 15) is 0 Å². The normalized spacial score (nSPS) is 12.9. The Kier molecular flexibility index (Phi) is 10.2. The van der Waals surface area contributed by atoms with Gasteiger partial charge in [-0.2, -0.15) is 0 Å². The van der Waals surface area contributed by atoms with E-state index in [0.29, 0.717) is 0 Å². The molecular weight excluding hydrogens is 881 g/mol. The van der Waals surface area contributed by atoms with Crippen molar-refractivity contribution < 1.29 is 0 Å². The molecule has 0 fully saturated rings. The lowest BCUT2D eigenvalue weighted by Crippen LogP contribution is -2.77. The van der Waals surface area contributed by atoms with Gasteiger partial charge in [0.25, 0.3) is 0 Å². The summed E-state index contributed by atoms with van der Waals surface area (Å²) in [5.74, 6) is 0. The molecule has 4 nitrogen and oxygen atoms in total. The van der Waals surface area contributed by atoms with Crippen molar-refractivity contribution in [2.24, 2.45) is 0 Å². The number of aromatic nitrogens is 3. The second-order valence-corrected chi connectivity index (χ2v) is 25.6. The number of fused-ring (bicyclic) bond motifs is 5. The lowest BCUT2D eigenvalue weighted by molar-refractivity contribution is 1.14. The molecule has 330 valence electrons. The Labute approximate surface area is 410 Å². The fraction of sp³-hybridized carbons (Fsp3) is 0. The Bertz CT molecular complexity index is 3750. The second-order valence-electron chi connectivity index (χ2n) is 18.1. The van der Waals surface area contributed by atoms with Gasteiger partial charge in [0.05, 0.1) is 11.2 Å². The Balaban J connectivity index is 1.13. The summed E-state index contributed by atoms with van der Waals surface area (Å²) in [5.41, 5.74) is 8.73. The highest BCUT2D eigenvalue weighted by atomic mass is 28.3. The van der Waals surface area contributed by atoms with Gasteiger partial charge in [0.1, 0.15) is 5.65 Å². The Morgan fingerprint density at radius 2 is 0.914 bits per heavy atom. The predicted octanol–water partition coefficient (Wildman–Crippen LogP) is 9.78. The van der Waals surface area contributed by atoms with Crippen LogP contribution >= 0.6 is 0 Å². The van der Waals surface area contributed by atoms with Crippen LogP contribution in [-0.4, -0.2) is 30.7 Å². The van der Waals surface area contributed by atoms with Crippen LogP contribution in [0.4, 0.5) is 17.1 Å². The Morgan fingerprint density at radius 1 is 0.357 bits per heavy atom. The van der Waals surface area contributed by atoms with Crippen LogP contribution in [-0.2, 0) is 0 Å². The SMILES string of the molecule is c1ccc(N2c3ccccc3[Si](c3ccccc3)(c3ccccc3)c3cc4c(cc32)c2cccnc2n4-c2cccc([Si](c3ccccc3)(c3ccccc3)c3cccc(-c4ccccn4)c3)c2)cc1. The highest BCUT2D eigenvalue weighted by Gasteiger charge is 2.49. The third-order valence-electron chi connectivity index (χ3n) is 14.5. The van der Waals surface area contributed by atoms with E-state index < -0.39 is 16.1 Å². The van der Waals surface area contributed by atoms with Gasteiger partial charge < -0.3 is 4.90 Å². The molecule has 3 aromatic heterocycles. The number of rotatable bonds is 9. The molecule has 0 N–H and O–H groups in total. The molecule has 0 bridgehead atoms. The fourth-order valence-electron chi connectivity index (χ4n) is 11.6. The van der Waals surface area contributed by atoms with E-state index in [-0.39, 0.29) is 0 Å². The van der Waals surface area contributed by atoms with Crippen LogP contribution in [0.25, 0.3) is 38.9 Å². The topological polar surface area (TPSA) is 34.0 Å². The van der Waals surface area contributed by atoms with Crippen LogP contribution < -0.4 is 46.4 Å². The number of para-hydroxylation sites is 2. The summed E-state index contributed by atoms with van der Waals surface area (Å²) in [4.78, 5) is 12.6. The predicted molar refractivity (Wildman–Crippen MR) is 297 cm³/mol. The lowest BCUT2D eigenvalue weighted by atomic mass is 10.1. The summed E-state index contributed by atoms with van der Waals surface area (Å²) >= 11 is 0. The molecule has 4 heterocycles. The van der Waals surface area contributed by atoms with Gasteiger partial charge in [0.2, 0.25) is 0 Å². The van der Waals surface area contributed by atoms with Crippen LogP contribution in [0.5, 0.6) is 0 Å². The maximum atomic E-state index is 5.27. The molecule has 1 aliphatic heterocycles. The standard InChI is InChI=1S/C64H46N4Si2/c1-6-24-48(25-7-1)67-59-39-16-17-40-62(59)70(52-31-12-4-13-32-52,53-33-14-5-15-34-53)63-46-60-57(45-61(63)67)56-37-22-42-66-64(56)68(60)49-26-21-36-55(44-49)69(50-27-8-2-9-28-50,51-29-10-3-11-30-51)54-35-20-23-47(43-54)58-38-18-19-41-65-58/h1-46H. The summed E-state index contributed by atoms with van der Waals surface area (Å²) in [7, 11) is -6.05. The number of hydrogen-bond acceptors (Lipinski definition) is 3. The van der Waals surface area contributed by atoms with Gasteiger partial charge in [-0.05, 0) is 108 Å². The van der Waals surface area contributed by atoms with Crippen molar-refractivity contribution in [2.45, 2.75) is 0 Å². The van der Waals surface area contributed by atoms with Crippen LogP contribution in [0.15, 0.2) is 279 Å². The third-order valence-corrected chi connectivity index (χ3v) is 24.1. The zero-order chi connectivity index (χ0) is 46.5. The molecule has 0 amide bonds. The minimum absolute atomic E-state index is 0.927. The average Bonchev–Trinajstić information content (AvgIpc) is 3.77. The van der Waals surface area contributed by atoms with Crippen molar-refractivity contribution in [2.75, 3.05) is 4.90 Å². The van der Waals surface area contributed by atoms with E-state index in [2.05, 4.69) is 270 Å². The first-order valence-electron chi connectivity index (χ1n) is 24.0. The van der Waals surface area contributed by atoms with Gasteiger partial charge in [-0.15, -0.1) is 0 Å². The molecule has 0 saturated heterocycles. The van der Waals surface area contributed by atoms with E-state index >= 15 is 0 Å². The molecule has 1 aliphatic rings. The summed E-state index contributed by atoms with van der Waals surface area (Å²) in [6.07, 6.45) is 3.82. The highest BCUT2D eigenvalue weighted by molar-refractivity contribution is 7.21. The summed E-state index contributed by atoms with van der Waals surface area (Å²) in [5, 5.41) is 12.9. The van der Waals surface area contributed by atoms with E-state index in [0.717, 1.165) is 44.6 Å². The van der Waals surface area contributed by atoms with Gasteiger partial charge in [0.15, 0.2) is 16.1 Å². The Hall–Kier alpha value is -8.69. The van der Waals surface area contributed by atoms with E-state index in [4.69, 9.17) is 9.97 Å². The van der Waals surface area contributed by atoms with E-state index in [1.165, 1.54) is 52.9 Å².